The van der Waals surface area contributed by atoms with Crippen molar-refractivity contribution in [2.24, 2.45) is 5.92 Å². The zero-order valence-electron chi connectivity index (χ0n) is 8.16. The van der Waals surface area contributed by atoms with E-state index in [9.17, 15) is 0 Å². The maximum atomic E-state index is 4.22. The van der Waals surface area contributed by atoms with E-state index in [0.29, 0.717) is 0 Å². The largest absolute Gasteiger partial charge is 0.311 e. The van der Waals surface area contributed by atoms with Gasteiger partial charge in [-0.25, -0.2) is 0 Å². The summed E-state index contributed by atoms with van der Waals surface area (Å²) in [5, 5.41) is 7.69. The molecule has 0 radical (unpaired) electrons. The Balaban J connectivity index is 1.78. The number of aryl methyl sites for hydroxylation is 1. The maximum Gasteiger partial charge on any atom is 0.0521 e. The molecule has 0 unspecified atom stereocenters. The molecule has 1 fully saturated rings. The van der Waals surface area contributed by atoms with E-state index in [0.717, 1.165) is 19.0 Å². The molecule has 3 heteroatoms. The van der Waals surface area contributed by atoms with Gasteiger partial charge in [-0.05, 0) is 38.3 Å². The first kappa shape index (κ1) is 8.75. The molecule has 1 aliphatic rings. The van der Waals surface area contributed by atoms with Gasteiger partial charge in [-0.1, -0.05) is 0 Å². The van der Waals surface area contributed by atoms with Gasteiger partial charge in [0.2, 0.25) is 0 Å². The SMILES string of the molecule is CCn1nccc1CNCC1CC1. The fraction of sp³-hybridized carbons (Fsp3) is 0.700. The molecule has 1 heterocycles. The average molecular weight is 179 g/mol. The van der Waals surface area contributed by atoms with Gasteiger partial charge in [-0.15, -0.1) is 0 Å². The van der Waals surface area contributed by atoms with Gasteiger partial charge >= 0.3 is 0 Å². The van der Waals surface area contributed by atoms with Crippen molar-refractivity contribution in [3.05, 3.63) is 18.0 Å². The summed E-state index contributed by atoms with van der Waals surface area (Å²) in [6.45, 7) is 5.23. The Morgan fingerprint density at radius 1 is 1.62 bits per heavy atom. The van der Waals surface area contributed by atoms with Crippen LogP contribution >= 0.6 is 0 Å². The van der Waals surface area contributed by atoms with Gasteiger partial charge in [-0.3, -0.25) is 4.68 Å². The summed E-state index contributed by atoms with van der Waals surface area (Å²) in [4.78, 5) is 0. The minimum absolute atomic E-state index is 0.956. The Labute approximate surface area is 79.1 Å². The molecular formula is C10H17N3. The number of hydrogen-bond acceptors (Lipinski definition) is 2. The average Bonchev–Trinajstić information content (AvgIpc) is 2.84. The van der Waals surface area contributed by atoms with E-state index in [1.165, 1.54) is 25.1 Å². The molecule has 0 saturated heterocycles. The molecular weight excluding hydrogens is 162 g/mol. The zero-order chi connectivity index (χ0) is 9.10. The van der Waals surface area contributed by atoms with Crippen molar-refractivity contribution in [2.45, 2.75) is 32.9 Å². The molecule has 3 nitrogen and oxygen atoms in total. The molecule has 0 aromatic carbocycles. The van der Waals surface area contributed by atoms with Crippen LogP contribution in [-0.4, -0.2) is 16.3 Å². The zero-order valence-corrected chi connectivity index (χ0v) is 8.16. The third-order valence-electron chi connectivity index (χ3n) is 2.54. The van der Waals surface area contributed by atoms with E-state index >= 15 is 0 Å². The van der Waals surface area contributed by atoms with Crippen molar-refractivity contribution < 1.29 is 0 Å². The lowest BCUT2D eigenvalue weighted by atomic mass is 10.4. The monoisotopic (exact) mass is 179 g/mol. The second kappa shape index (κ2) is 3.92. The third kappa shape index (κ3) is 2.31. The minimum atomic E-state index is 0.956. The second-order valence-corrected chi connectivity index (χ2v) is 3.71. The van der Waals surface area contributed by atoms with Gasteiger partial charge < -0.3 is 5.32 Å². The second-order valence-electron chi connectivity index (χ2n) is 3.71. The molecule has 0 spiro atoms. The predicted octanol–water partition coefficient (Wildman–Crippen LogP) is 1.40. The number of aromatic nitrogens is 2. The van der Waals surface area contributed by atoms with E-state index in [1.54, 1.807) is 0 Å². The van der Waals surface area contributed by atoms with Crippen LogP contribution in [0.1, 0.15) is 25.5 Å². The lowest BCUT2D eigenvalue weighted by Crippen LogP contribution is -2.18. The minimum Gasteiger partial charge on any atom is -0.311 e. The predicted molar refractivity (Wildman–Crippen MR) is 52.3 cm³/mol. The molecule has 0 amide bonds. The molecule has 1 aromatic rings. The van der Waals surface area contributed by atoms with Crippen molar-refractivity contribution in [3.8, 4) is 0 Å². The van der Waals surface area contributed by atoms with E-state index in [1.807, 2.05) is 10.9 Å². The molecule has 13 heavy (non-hydrogen) atoms. The Hall–Kier alpha value is -0.830. The van der Waals surface area contributed by atoms with Crippen molar-refractivity contribution in [2.75, 3.05) is 6.54 Å². The molecule has 1 aliphatic carbocycles. The van der Waals surface area contributed by atoms with Crippen molar-refractivity contribution in [3.63, 3.8) is 0 Å². The molecule has 0 atom stereocenters. The van der Waals surface area contributed by atoms with E-state index in [4.69, 9.17) is 0 Å². The fourth-order valence-electron chi connectivity index (χ4n) is 1.52. The van der Waals surface area contributed by atoms with Crippen LogP contribution in [0.5, 0.6) is 0 Å². The molecule has 1 aromatic heterocycles. The summed E-state index contributed by atoms with van der Waals surface area (Å²) in [6, 6.07) is 2.09. The number of hydrogen-bond donors (Lipinski definition) is 1. The molecule has 72 valence electrons. The first-order valence-corrected chi connectivity index (χ1v) is 5.11. The summed E-state index contributed by atoms with van der Waals surface area (Å²) in [5.74, 6) is 0.956. The van der Waals surface area contributed by atoms with Gasteiger partial charge in [0.1, 0.15) is 0 Å². The van der Waals surface area contributed by atoms with Gasteiger partial charge in [0, 0.05) is 19.3 Å². The van der Waals surface area contributed by atoms with E-state index in [2.05, 4.69) is 23.4 Å². The first-order valence-electron chi connectivity index (χ1n) is 5.11. The highest BCUT2D eigenvalue weighted by Gasteiger charge is 2.20. The maximum absolute atomic E-state index is 4.22. The van der Waals surface area contributed by atoms with Crippen LogP contribution in [0.2, 0.25) is 0 Å². The highest BCUT2D eigenvalue weighted by molar-refractivity contribution is 4.99. The molecule has 2 rings (SSSR count). The normalized spacial score (nSPS) is 16.4. The Kier molecular flexibility index (Phi) is 2.64. The Morgan fingerprint density at radius 3 is 3.15 bits per heavy atom. The van der Waals surface area contributed by atoms with Gasteiger partial charge in [0.05, 0.1) is 5.69 Å². The number of nitrogens with one attached hydrogen (secondary N) is 1. The lowest BCUT2D eigenvalue weighted by Gasteiger charge is -2.05. The smallest absolute Gasteiger partial charge is 0.0521 e. The van der Waals surface area contributed by atoms with Crippen LogP contribution < -0.4 is 5.32 Å². The van der Waals surface area contributed by atoms with Crippen molar-refractivity contribution >= 4 is 0 Å². The molecule has 1 saturated carbocycles. The van der Waals surface area contributed by atoms with E-state index < -0.39 is 0 Å². The van der Waals surface area contributed by atoms with Crippen LogP contribution in [0.3, 0.4) is 0 Å². The van der Waals surface area contributed by atoms with E-state index in [-0.39, 0.29) is 0 Å². The van der Waals surface area contributed by atoms with Gasteiger partial charge in [0.15, 0.2) is 0 Å². The molecule has 0 bridgehead atoms. The van der Waals surface area contributed by atoms with Crippen LogP contribution in [-0.2, 0) is 13.1 Å². The van der Waals surface area contributed by atoms with Crippen LogP contribution in [0.15, 0.2) is 12.3 Å². The summed E-state index contributed by atoms with van der Waals surface area (Å²) >= 11 is 0. The highest BCUT2D eigenvalue weighted by atomic mass is 15.3. The lowest BCUT2D eigenvalue weighted by molar-refractivity contribution is 0.568. The first-order chi connectivity index (χ1) is 6.40. The quantitative estimate of drug-likeness (QED) is 0.740. The highest BCUT2D eigenvalue weighted by Crippen LogP contribution is 2.27. The number of nitrogens with zero attached hydrogens (tertiary/aromatic N) is 2. The van der Waals surface area contributed by atoms with Crippen molar-refractivity contribution in [1.29, 1.82) is 0 Å². The van der Waals surface area contributed by atoms with Crippen LogP contribution in [0.4, 0.5) is 0 Å². The summed E-state index contributed by atoms with van der Waals surface area (Å²) in [5.41, 5.74) is 1.29. The van der Waals surface area contributed by atoms with Gasteiger partial charge in [0.25, 0.3) is 0 Å². The summed E-state index contributed by atoms with van der Waals surface area (Å²) < 4.78 is 2.04. The Morgan fingerprint density at radius 2 is 2.46 bits per heavy atom. The molecule has 1 N–H and O–H groups in total. The van der Waals surface area contributed by atoms with Crippen LogP contribution in [0.25, 0.3) is 0 Å². The Bertz CT molecular complexity index is 263. The number of rotatable bonds is 5. The fourth-order valence-corrected chi connectivity index (χ4v) is 1.52. The summed E-state index contributed by atoms with van der Waals surface area (Å²) in [6.07, 6.45) is 4.71. The summed E-state index contributed by atoms with van der Waals surface area (Å²) in [7, 11) is 0. The standard InChI is InChI=1S/C10H17N3/c1-2-13-10(5-6-12-13)8-11-7-9-3-4-9/h5-6,9,11H,2-4,7-8H2,1H3. The molecule has 0 aliphatic heterocycles. The topological polar surface area (TPSA) is 29.9 Å². The van der Waals surface area contributed by atoms with Gasteiger partial charge in [-0.2, -0.15) is 5.10 Å². The third-order valence-corrected chi connectivity index (χ3v) is 2.54. The van der Waals surface area contributed by atoms with Crippen molar-refractivity contribution in [1.82, 2.24) is 15.1 Å². The van der Waals surface area contributed by atoms with Crippen LogP contribution in [0, 0.1) is 5.92 Å².